The van der Waals surface area contributed by atoms with Crippen LogP contribution in [0.1, 0.15) is 18.4 Å². The summed E-state index contributed by atoms with van der Waals surface area (Å²) in [5.74, 6) is 0.686. The van der Waals surface area contributed by atoms with Crippen molar-refractivity contribution in [3.05, 3.63) is 29.8 Å². The maximum absolute atomic E-state index is 12.1. The summed E-state index contributed by atoms with van der Waals surface area (Å²) in [7, 11) is 1.43. The lowest BCUT2D eigenvalue weighted by atomic mass is 10.2. The molecule has 1 fully saturated rings. The third-order valence-corrected chi connectivity index (χ3v) is 3.29. The second-order valence-electron chi connectivity index (χ2n) is 5.50. The van der Waals surface area contributed by atoms with E-state index in [0.29, 0.717) is 11.8 Å². The van der Waals surface area contributed by atoms with Crippen LogP contribution in [-0.4, -0.2) is 43.9 Å². The zero-order chi connectivity index (χ0) is 15.3. The van der Waals surface area contributed by atoms with Crippen molar-refractivity contribution in [2.75, 3.05) is 26.7 Å². The Hall–Kier alpha value is -1.27. The molecule has 1 saturated carbocycles. The van der Waals surface area contributed by atoms with Gasteiger partial charge >= 0.3 is 6.18 Å². The first-order valence-corrected chi connectivity index (χ1v) is 7.13. The summed E-state index contributed by atoms with van der Waals surface area (Å²) in [6.07, 6.45) is -1.65. The van der Waals surface area contributed by atoms with E-state index >= 15 is 0 Å². The summed E-state index contributed by atoms with van der Waals surface area (Å²) < 4.78 is 41.9. The van der Waals surface area contributed by atoms with E-state index in [-0.39, 0.29) is 13.2 Å². The Morgan fingerprint density at radius 1 is 1.24 bits per heavy atom. The third kappa shape index (κ3) is 6.82. The molecular formula is C15H21F3N2O. The van der Waals surface area contributed by atoms with Crippen LogP contribution in [0.15, 0.2) is 24.3 Å². The molecule has 0 radical (unpaired) electrons. The van der Waals surface area contributed by atoms with E-state index in [9.17, 15) is 13.2 Å². The van der Waals surface area contributed by atoms with Crippen LogP contribution in [0.25, 0.3) is 0 Å². The van der Waals surface area contributed by atoms with Crippen LogP contribution in [0, 0.1) is 0 Å². The van der Waals surface area contributed by atoms with Crippen molar-refractivity contribution in [3.63, 3.8) is 0 Å². The van der Waals surface area contributed by atoms with Crippen LogP contribution in [0.4, 0.5) is 13.2 Å². The largest absolute Gasteiger partial charge is 0.492 e. The SMILES string of the molecule is CN(CCOc1ccc(CNC2CC2)cc1)CC(F)(F)F. The lowest BCUT2D eigenvalue weighted by Crippen LogP contribution is -2.33. The van der Waals surface area contributed by atoms with E-state index in [0.717, 1.165) is 6.54 Å². The molecule has 1 aromatic carbocycles. The maximum atomic E-state index is 12.1. The van der Waals surface area contributed by atoms with Gasteiger partial charge in [-0.3, -0.25) is 4.90 Å². The standard InChI is InChI=1S/C15H21F3N2O/c1-20(11-15(16,17)18)8-9-21-14-6-2-12(3-7-14)10-19-13-4-5-13/h2-3,6-7,13,19H,4-5,8-11H2,1H3. The number of ether oxygens (including phenoxy) is 1. The van der Waals surface area contributed by atoms with E-state index in [1.54, 1.807) is 0 Å². The molecule has 118 valence electrons. The van der Waals surface area contributed by atoms with Gasteiger partial charge in [-0.25, -0.2) is 0 Å². The predicted octanol–water partition coefficient (Wildman–Crippen LogP) is 2.81. The van der Waals surface area contributed by atoms with Gasteiger partial charge in [0.05, 0.1) is 6.54 Å². The van der Waals surface area contributed by atoms with Gasteiger partial charge in [-0.15, -0.1) is 0 Å². The van der Waals surface area contributed by atoms with Gasteiger partial charge < -0.3 is 10.1 Å². The number of nitrogens with one attached hydrogen (secondary N) is 1. The minimum Gasteiger partial charge on any atom is -0.492 e. The minimum absolute atomic E-state index is 0.241. The van der Waals surface area contributed by atoms with Gasteiger partial charge in [-0.05, 0) is 37.6 Å². The zero-order valence-electron chi connectivity index (χ0n) is 12.1. The molecule has 3 nitrogen and oxygen atoms in total. The summed E-state index contributed by atoms with van der Waals surface area (Å²) in [5.41, 5.74) is 1.18. The van der Waals surface area contributed by atoms with Gasteiger partial charge in [0.1, 0.15) is 12.4 Å². The fourth-order valence-corrected chi connectivity index (χ4v) is 1.96. The van der Waals surface area contributed by atoms with Crippen molar-refractivity contribution in [3.8, 4) is 5.75 Å². The number of hydrogen-bond donors (Lipinski definition) is 1. The third-order valence-electron chi connectivity index (χ3n) is 3.29. The molecule has 2 rings (SSSR count). The predicted molar refractivity (Wildman–Crippen MR) is 75.4 cm³/mol. The first-order valence-electron chi connectivity index (χ1n) is 7.13. The molecule has 1 aliphatic rings. The summed E-state index contributed by atoms with van der Waals surface area (Å²) in [4.78, 5) is 1.20. The monoisotopic (exact) mass is 302 g/mol. The average molecular weight is 302 g/mol. The fourth-order valence-electron chi connectivity index (χ4n) is 1.96. The van der Waals surface area contributed by atoms with E-state index in [2.05, 4.69) is 5.32 Å². The summed E-state index contributed by atoms with van der Waals surface area (Å²) in [6.45, 7) is 0.415. The number of benzene rings is 1. The lowest BCUT2D eigenvalue weighted by molar-refractivity contribution is -0.143. The topological polar surface area (TPSA) is 24.5 Å². The Morgan fingerprint density at radius 3 is 2.48 bits per heavy atom. The highest BCUT2D eigenvalue weighted by Gasteiger charge is 2.28. The molecule has 0 unspecified atom stereocenters. The van der Waals surface area contributed by atoms with Gasteiger partial charge in [0.15, 0.2) is 0 Å². The summed E-state index contributed by atoms with van der Waals surface area (Å²) in [6, 6.07) is 8.33. The van der Waals surface area contributed by atoms with Crippen LogP contribution >= 0.6 is 0 Å². The Morgan fingerprint density at radius 2 is 1.90 bits per heavy atom. The molecule has 21 heavy (non-hydrogen) atoms. The zero-order valence-corrected chi connectivity index (χ0v) is 12.1. The molecule has 0 spiro atoms. The van der Waals surface area contributed by atoms with Crippen LogP contribution in [0.2, 0.25) is 0 Å². The maximum Gasteiger partial charge on any atom is 0.401 e. The highest BCUT2D eigenvalue weighted by atomic mass is 19.4. The molecule has 0 aromatic heterocycles. The molecule has 6 heteroatoms. The number of hydrogen-bond acceptors (Lipinski definition) is 3. The van der Waals surface area contributed by atoms with Gasteiger partial charge in [0.2, 0.25) is 0 Å². The Labute approximate surface area is 123 Å². The number of likely N-dealkylation sites (N-methyl/N-ethyl adjacent to an activating group) is 1. The lowest BCUT2D eigenvalue weighted by Gasteiger charge is -2.18. The van der Waals surface area contributed by atoms with Crippen LogP contribution in [0.3, 0.4) is 0 Å². The molecular weight excluding hydrogens is 281 g/mol. The molecule has 0 atom stereocenters. The van der Waals surface area contributed by atoms with Crippen molar-refractivity contribution in [1.82, 2.24) is 10.2 Å². The van der Waals surface area contributed by atoms with Gasteiger partial charge in [-0.2, -0.15) is 13.2 Å². The number of halogens is 3. The first-order chi connectivity index (χ1) is 9.92. The summed E-state index contributed by atoms with van der Waals surface area (Å²) >= 11 is 0. The average Bonchev–Trinajstić information content (AvgIpc) is 3.20. The highest BCUT2D eigenvalue weighted by molar-refractivity contribution is 5.27. The van der Waals surface area contributed by atoms with Crippen LogP contribution in [0.5, 0.6) is 5.75 Å². The van der Waals surface area contributed by atoms with Crippen molar-refractivity contribution in [1.29, 1.82) is 0 Å². The molecule has 0 heterocycles. The number of alkyl halides is 3. The van der Waals surface area contributed by atoms with Crippen LogP contribution in [-0.2, 0) is 6.54 Å². The summed E-state index contributed by atoms with van der Waals surface area (Å²) in [5, 5.41) is 3.42. The minimum atomic E-state index is -4.16. The Bertz CT molecular complexity index is 430. The first kappa shape index (κ1) is 16.1. The van der Waals surface area contributed by atoms with Crippen molar-refractivity contribution < 1.29 is 17.9 Å². The second kappa shape index (κ2) is 7.13. The Kier molecular flexibility index (Phi) is 5.47. The molecule has 0 aliphatic heterocycles. The smallest absolute Gasteiger partial charge is 0.401 e. The molecule has 1 aromatic rings. The van der Waals surface area contributed by atoms with Gasteiger partial charge in [-0.1, -0.05) is 12.1 Å². The van der Waals surface area contributed by atoms with E-state index in [4.69, 9.17) is 4.74 Å². The Balaban J connectivity index is 1.65. The number of rotatable bonds is 8. The van der Waals surface area contributed by atoms with E-state index in [1.165, 1.54) is 30.4 Å². The fraction of sp³-hybridized carbons (Fsp3) is 0.600. The van der Waals surface area contributed by atoms with Gasteiger partial charge in [0, 0.05) is 19.1 Å². The van der Waals surface area contributed by atoms with Crippen molar-refractivity contribution in [2.45, 2.75) is 31.6 Å². The van der Waals surface area contributed by atoms with Crippen LogP contribution < -0.4 is 10.1 Å². The van der Waals surface area contributed by atoms with Crippen molar-refractivity contribution in [2.24, 2.45) is 0 Å². The molecule has 1 N–H and O–H groups in total. The molecule has 0 bridgehead atoms. The second-order valence-corrected chi connectivity index (χ2v) is 5.50. The number of nitrogens with zero attached hydrogens (tertiary/aromatic N) is 1. The molecule has 0 amide bonds. The highest BCUT2D eigenvalue weighted by Crippen LogP contribution is 2.20. The van der Waals surface area contributed by atoms with Crippen molar-refractivity contribution >= 4 is 0 Å². The normalized spacial score (nSPS) is 15.5. The molecule has 1 aliphatic carbocycles. The molecule has 0 saturated heterocycles. The quantitative estimate of drug-likeness (QED) is 0.799. The van der Waals surface area contributed by atoms with E-state index in [1.807, 2.05) is 24.3 Å². The van der Waals surface area contributed by atoms with Gasteiger partial charge in [0.25, 0.3) is 0 Å². The van der Waals surface area contributed by atoms with E-state index < -0.39 is 12.7 Å².